The van der Waals surface area contributed by atoms with Crippen LogP contribution < -0.4 is 10.6 Å². The maximum absolute atomic E-state index is 12.0. The van der Waals surface area contributed by atoms with E-state index in [1.807, 2.05) is 24.4 Å². The molecule has 2 aromatic rings. The molecule has 2 amide bonds. The molecule has 0 aliphatic rings. The van der Waals surface area contributed by atoms with Crippen molar-refractivity contribution in [1.29, 1.82) is 0 Å². The summed E-state index contributed by atoms with van der Waals surface area (Å²) in [7, 11) is 0. The monoisotopic (exact) mass is 336 g/mol. The summed E-state index contributed by atoms with van der Waals surface area (Å²) >= 11 is 7.21. The Morgan fingerprint density at radius 3 is 2.55 bits per heavy atom. The van der Waals surface area contributed by atoms with Gasteiger partial charge in [0.2, 0.25) is 5.91 Å². The van der Waals surface area contributed by atoms with Crippen LogP contribution in [0.15, 0.2) is 41.8 Å². The predicted molar refractivity (Wildman–Crippen MR) is 89.3 cm³/mol. The van der Waals surface area contributed by atoms with Gasteiger partial charge < -0.3 is 10.6 Å². The van der Waals surface area contributed by atoms with Gasteiger partial charge in [0, 0.05) is 5.02 Å². The molecule has 0 radical (unpaired) electrons. The topological polar surface area (TPSA) is 58.2 Å². The van der Waals surface area contributed by atoms with Gasteiger partial charge in [-0.1, -0.05) is 36.7 Å². The van der Waals surface area contributed by atoms with E-state index in [9.17, 15) is 9.59 Å². The number of nitrogens with one attached hydrogen (secondary N) is 2. The molecule has 4 nitrogen and oxygen atoms in total. The van der Waals surface area contributed by atoms with Crippen LogP contribution >= 0.6 is 22.9 Å². The third-order valence-electron chi connectivity index (χ3n) is 3.17. The van der Waals surface area contributed by atoms with Crippen LogP contribution in [0.4, 0.5) is 0 Å². The van der Waals surface area contributed by atoms with Crippen molar-refractivity contribution >= 4 is 34.8 Å². The van der Waals surface area contributed by atoms with Crippen LogP contribution in [0.3, 0.4) is 0 Å². The Kier molecular flexibility index (Phi) is 5.98. The van der Waals surface area contributed by atoms with E-state index in [1.54, 1.807) is 24.3 Å². The van der Waals surface area contributed by atoms with Crippen molar-refractivity contribution in [3.05, 3.63) is 57.2 Å². The van der Waals surface area contributed by atoms with Crippen molar-refractivity contribution in [3.8, 4) is 0 Å². The van der Waals surface area contributed by atoms with Crippen molar-refractivity contribution in [2.45, 2.75) is 19.4 Å². The first-order valence-electron chi connectivity index (χ1n) is 6.96. The van der Waals surface area contributed by atoms with Gasteiger partial charge in [0.1, 0.15) is 0 Å². The normalized spacial score (nSPS) is 11.7. The van der Waals surface area contributed by atoms with Crippen LogP contribution in [0.25, 0.3) is 0 Å². The molecule has 0 spiro atoms. The lowest BCUT2D eigenvalue weighted by molar-refractivity contribution is -0.120. The molecule has 2 rings (SSSR count). The number of thiophene rings is 1. The number of halogens is 1. The van der Waals surface area contributed by atoms with Crippen molar-refractivity contribution in [2.24, 2.45) is 0 Å². The highest BCUT2D eigenvalue weighted by molar-refractivity contribution is 7.12. The maximum Gasteiger partial charge on any atom is 0.261 e. The van der Waals surface area contributed by atoms with E-state index in [0.29, 0.717) is 9.90 Å². The lowest BCUT2D eigenvalue weighted by atomic mass is 10.0. The molecule has 1 heterocycles. The van der Waals surface area contributed by atoms with Gasteiger partial charge in [-0.3, -0.25) is 9.59 Å². The van der Waals surface area contributed by atoms with E-state index < -0.39 is 0 Å². The molecular weight excluding hydrogens is 320 g/mol. The Morgan fingerprint density at radius 1 is 1.23 bits per heavy atom. The zero-order valence-corrected chi connectivity index (χ0v) is 13.7. The molecule has 6 heteroatoms. The second-order valence-electron chi connectivity index (χ2n) is 4.74. The third kappa shape index (κ3) is 4.58. The Balaban J connectivity index is 1.87. The Morgan fingerprint density at radius 2 is 1.95 bits per heavy atom. The fourth-order valence-corrected chi connectivity index (χ4v) is 2.78. The van der Waals surface area contributed by atoms with E-state index in [4.69, 9.17) is 11.6 Å². The lowest BCUT2D eigenvalue weighted by Gasteiger charge is -2.17. The highest BCUT2D eigenvalue weighted by Gasteiger charge is 2.14. The number of carbonyl (C=O) groups is 2. The van der Waals surface area contributed by atoms with Crippen LogP contribution in [0.5, 0.6) is 0 Å². The SMILES string of the molecule is CCC(NC(=O)CNC(=O)c1cccs1)c1ccc(Cl)cc1. The van der Waals surface area contributed by atoms with E-state index >= 15 is 0 Å². The number of hydrogen-bond acceptors (Lipinski definition) is 3. The molecule has 116 valence electrons. The molecular formula is C16H17ClN2O2S. The lowest BCUT2D eigenvalue weighted by Crippen LogP contribution is -2.38. The third-order valence-corrected chi connectivity index (χ3v) is 4.29. The summed E-state index contributed by atoms with van der Waals surface area (Å²) in [4.78, 5) is 24.4. The molecule has 1 aromatic carbocycles. The summed E-state index contributed by atoms with van der Waals surface area (Å²) in [5, 5.41) is 8.01. The fourth-order valence-electron chi connectivity index (χ4n) is 2.02. The maximum atomic E-state index is 12.0. The average molecular weight is 337 g/mol. The first-order chi connectivity index (χ1) is 10.6. The Labute approximate surface area is 138 Å². The molecule has 22 heavy (non-hydrogen) atoms. The predicted octanol–water partition coefficient (Wildman–Crippen LogP) is 3.40. The molecule has 0 aliphatic heterocycles. The van der Waals surface area contributed by atoms with Gasteiger partial charge >= 0.3 is 0 Å². The number of hydrogen-bond donors (Lipinski definition) is 2. The first-order valence-corrected chi connectivity index (χ1v) is 8.22. The van der Waals surface area contributed by atoms with Gasteiger partial charge in [-0.2, -0.15) is 0 Å². The molecule has 0 fully saturated rings. The summed E-state index contributed by atoms with van der Waals surface area (Å²) in [5.74, 6) is -0.448. The van der Waals surface area contributed by atoms with E-state index in [0.717, 1.165) is 12.0 Å². The summed E-state index contributed by atoms with van der Waals surface area (Å²) in [6.45, 7) is 1.95. The van der Waals surface area contributed by atoms with Crippen molar-refractivity contribution < 1.29 is 9.59 Å². The summed E-state index contributed by atoms with van der Waals surface area (Å²) < 4.78 is 0. The zero-order valence-electron chi connectivity index (χ0n) is 12.1. The summed E-state index contributed by atoms with van der Waals surface area (Å²) in [6.07, 6.45) is 0.756. The quantitative estimate of drug-likeness (QED) is 0.849. The van der Waals surface area contributed by atoms with Crippen molar-refractivity contribution in [3.63, 3.8) is 0 Å². The number of carbonyl (C=O) groups excluding carboxylic acids is 2. The molecule has 1 atom stereocenters. The molecule has 0 saturated heterocycles. The average Bonchev–Trinajstić information content (AvgIpc) is 3.05. The number of benzene rings is 1. The van der Waals surface area contributed by atoms with Crippen LogP contribution in [0.1, 0.15) is 34.6 Å². The summed E-state index contributed by atoms with van der Waals surface area (Å²) in [6, 6.07) is 10.8. The van der Waals surface area contributed by atoms with Crippen LogP contribution in [-0.4, -0.2) is 18.4 Å². The van der Waals surface area contributed by atoms with E-state index in [1.165, 1.54) is 11.3 Å². The van der Waals surface area contributed by atoms with Gasteiger partial charge in [-0.15, -0.1) is 11.3 Å². The van der Waals surface area contributed by atoms with E-state index in [-0.39, 0.29) is 24.4 Å². The van der Waals surface area contributed by atoms with Crippen LogP contribution in [0.2, 0.25) is 5.02 Å². The van der Waals surface area contributed by atoms with Crippen LogP contribution in [0, 0.1) is 0 Å². The Bertz CT molecular complexity index is 626. The zero-order chi connectivity index (χ0) is 15.9. The smallest absolute Gasteiger partial charge is 0.261 e. The second kappa shape index (κ2) is 7.96. The van der Waals surface area contributed by atoms with Gasteiger partial charge in [-0.25, -0.2) is 0 Å². The Hall–Kier alpha value is -1.85. The van der Waals surface area contributed by atoms with Gasteiger partial charge in [0.25, 0.3) is 5.91 Å². The van der Waals surface area contributed by atoms with E-state index in [2.05, 4.69) is 10.6 Å². The van der Waals surface area contributed by atoms with Crippen molar-refractivity contribution in [2.75, 3.05) is 6.54 Å². The number of rotatable bonds is 6. The second-order valence-corrected chi connectivity index (χ2v) is 6.12. The van der Waals surface area contributed by atoms with Crippen molar-refractivity contribution in [1.82, 2.24) is 10.6 Å². The molecule has 1 aromatic heterocycles. The standard InChI is InChI=1S/C16H17ClN2O2S/c1-2-13(11-5-7-12(17)8-6-11)19-15(20)10-18-16(21)14-4-3-9-22-14/h3-9,13H,2,10H2,1H3,(H,18,21)(H,19,20). The highest BCUT2D eigenvalue weighted by Crippen LogP contribution is 2.19. The molecule has 1 unspecified atom stereocenters. The molecule has 2 N–H and O–H groups in total. The minimum Gasteiger partial charge on any atom is -0.348 e. The largest absolute Gasteiger partial charge is 0.348 e. The van der Waals surface area contributed by atoms with Gasteiger partial charge in [0.15, 0.2) is 0 Å². The minimum atomic E-state index is -0.232. The number of amides is 2. The molecule has 0 saturated carbocycles. The minimum absolute atomic E-state index is 0.0409. The van der Waals surface area contributed by atoms with Gasteiger partial charge in [0.05, 0.1) is 17.5 Å². The van der Waals surface area contributed by atoms with Crippen LogP contribution in [-0.2, 0) is 4.79 Å². The first kappa shape index (κ1) is 16.5. The highest BCUT2D eigenvalue weighted by atomic mass is 35.5. The fraction of sp³-hybridized carbons (Fsp3) is 0.250. The summed E-state index contributed by atoms with van der Waals surface area (Å²) in [5.41, 5.74) is 0.991. The molecule has 0 bridgehead atoms. The molecule has 0 aliphatic carbocycles. The van der Waals surface area contributed by atoms with Gasteiger partial charge in [-0.05, 0) is 35.6 Å².